The Hall–Kier alpha value is -4.68. The van der Waals surface area contributed by atoms with E-state index in [2.05, 4.69) is 0 Å². The molecule has 0 bridgehead atoms. The van der Waals surface area contributed by atoms with Gasteiger partial charge in [-0.2, -0.15) is 16.8 Å². The molecular weight excluding hydrogens is 536 g/mol. The summed E-state index contributed by atoms with van der Waals surface area (Å²) in [7, 11) is -8.58. The van der Waals surface area contributed by atoms with Gasteiger partial charge >= 0.3 is 20.2 Å². The first kappa shape index (κ1) is 25.0. The van der Waals surface area contributed by atoms with Gasteiger partial charge in [0.2, 0.25) is 0 Å². The molecule has 0 saturated carbocycles. The predicted octanol–water partition coefficient (Wildman–Crippen LogP) is 4.35. The summed E-state index contributed by atoms with van der Waals surface area (Å²) in [6.07, 6.45) is 0. The highest BCUT2D eigenvalue weighted by Gasteiger charge is 2.20. The van der Waals surface area contributed by atoms with Crippen LogP contribution in [0.4, 0.5) is 0 Å². The zero-order valence-corrected chi connectivity index (χ0v) is 20.8. The lowest BCUT2D eigenvalue weighted by atomic mass is 10.0. The van der Waals surface area contributed by atoms with Gasteiger partial charge in [0.25, 0.3) is 0 Å². The molecular formula is C26H18O10S2. The molecule has 12 heteroatoms. The van der Waals surface area contributed by atoms with Gasteiger partial charge in [-0.3, -0.25) is 0 Å². The molecule has 0 unspecified atom stereocenters. The van der Waals surface area contributed by atoms with Gasteiger partial charge in [0.15, 0.2) is 23.0 Å². The number of hydrogen-bond donors (Lipinski definition) is 4. The minimum atomic E-state index is -4.29. The Morgan fingerprint density at radius 1 is 0.421 bits per heavy atom. The molecule has 5 aromatic rings. The number of phenolic OH excluding ortho intramolecular Hbond substituents is 4. The van der Waals surface area contributed by atoms with Crippen molar-refractivity contribution in [3.63, 3.8) is 0 Å². The molecule has 4 N–H and O–H groups in total. The maximum Gasteiger partial charge on any atom is 0.339 e. The van der Waals surface area contributed by atoms with E-state index in [9.17, 15) is 37.3 Å². The molecule has 0 fully saturated rings. The topological polar surface area (TPSA) is 168 Å². The van der Waals surface area contributed by atoms with Crippen LogP contribution < -0.4 is 8.37 Å². The van der Waals surface area contributed by atoms with Gasteiger partial charge in [0, 0.05) is 12.1 Å². The molecule has 0 aliphatic rings. The first-order chi connectivity index (χ1) is 17.9. The zero-order valence-electron chi connectivity index (χ0n) is 19.1. The van der Waals surface area contributed by atoms with E-state index in [4.69, 9.17) is 8.37 Å². The molecule has 0 aromatic heterocycles. The summed E-state index contributed by atoms with van der Waals surface area (Å²) >= 11 is 0. The molecule has 0 atom stereocenters. The van der Waals surface area contributed by atoms with Gasteiger partial charge in [0.1, 0.15) is 21.3 Å². The van der Waals surface area contributed by atoms with E-state index in [1.165, 1.54) is 24.3 Å². The molecule has 0 aliphatic heterocycles. The van der Waals surface area contributed by atoms with Gasteiger partial charge in [-0.05, 0) is 82.2 Å². The highest BCUT2D eigenvalue weighted by Crippen LogP contribution is 2.33. The molecule has 38 heavy (non-hydrogen) atoms. The van der Waals surface area contributed by atoms with Gasteiger partial charge in [0.05, 0.1) is 0 Å². The first-order valence-corrected chi connectivity index (χ1v) is 13.6. The van der Waals surface area contributed by atoms with Crippen LogP contribution in [0.5, 0.6) is 34.5 Å². The van der Waals surface area contributed by atoms with Crippen molar-refractivity contribution < 1.29 is 45.6 Å². The predicted molar refractivity (Wildman–Crippen MR) is 137 cm³/mol. The van der Waals surface area contributed by atoms with Crippen LogP contribution in [0.1, 0.15) is 0 Å². The van der Waals surface area contributed by atoms with Crippen LogP contribution in [0.3, 0.4) is 0 Å². The van der Waals surface area contributed by atoms with Crippen molar-refractivity contribution >= 4 is 41.8 Å². The van der Waals surface area contributed by atoms with Gasteiger partial charge in [-0.25, -0.2) is 0 Å². The first-order valence-electron chi connectivity index (χ1n) is 10.8. The van der Waals surface area contributed by atoms with Crippen molar-refractivity contribution in [3.8, 4) is 34.5 Å². The van der Waals surface area contributed by atoms with E-state index in [0.29, 0.717) is 21.5 Å². The fourth-order valence-electron chi connectivity index (χ4n) is 3.72. The number of aromatic hydroxyl groups is 4. The average Bonchev–Trinajstić information content (AvgIpc) is 2.85. The molecule has 194 valence electrons. The third-order valence-electron chi connectivity index (χ3n) is 5.62. The van der Waals surface area contributed by atoms with Gasteiger partial charge in [-0.15, -0.1) is 0 Å². The van der Waals surface area contributed by atoms with E-state index in [1.54, 1.807) is 24.3 Å². The van der Waals surface area contributed by atoms with Crippen molar-refractivity contribution in [2.75, 3.05) is 0 Å². The Kier molecular flexibility index (Phi) is 5.93. The Labute approximate surface area is 216 Å². The van der Waals surface area contributed by atoms with Crippen molar-refractivity contribution in [2.24, 2.45) is 0 Å². The van der Waals surface area contributed by atoms with Crippen LogP contribution in [0, 0.1) is 0 Å². The summed E-state index contributed by atoms with van der Waals surface area (Å²) in [6.45, 7) is 0. The second kappa shape index (κ2) is 9.01. The van der Waals surface area contributed by atoms with Crippen LogP contribution in [0.15, 0.2) is 94.7 Å². The lowest BCUT2D eigenvalue weighted by Crippen LogP contribution is -2.09. The van der Waals surface area contributed by atoms with Crippen molar-refractivity contribution in [1.29, 1.82) is 0 Å². The normalized spacial score (nSPS) is 12.0. The van der Waals surface area contributed by atoms with E-state index < -0.39 is 43.2 Å². The number of rotatable bonds is 6. The summed E-state index contributed by atoms with van der Waals surface area (Å²) < 4.78 is 60.8. The van der Waals surface area contributed by atoms with Gasteiger partial charge < -0.3 is 28.8 Å². The van der Waals surface area contributed by atoms with Crippen LogP contribution in [-0.2, 0) is 20.2 Å². The van der Waals surface area contributed by atoms with E-state index in [-0.39, 0.29) is 21.3 Å². The Morgan fingerprint density at radius 3 is 1.18 bits per heavy atom. The highest BCUT2D eigenvalue weighted by molar-refractivity contribution is 7.87. The molecule has 0 saturated heterocycles. The molecule has 0 spiro atoms. The monoisotopic (exact) mass is 554 g/mol. The fourth-order valence-corrected chi connectivity index (χ4v) is 5.61. The van der Waals surface area contributed by atoms with Crippen LogP contribution in [0.2, 0.25) is 0 Å². The zero-order chi connectivity index (χ0) is 27.2. The average molecular weight is 555 g/mol. The standard InChI is InChI=1S/C26H18O10S2/c27-23-7-5-21(13-25(23)29)37(31,32)35-19-3-1-15-9-18-12-20(4-2-16(18)10-17(15)11-19)36-38(33,34)22-6-8-24(28)26(30)14-22/h1-14,27-30H. The summed E-state index contributed by atoms with van der Waals surface area (Å²) in [5.41, 5.74) is 0. The summed E-state index contributed by atoms with van der Waals surface area (Å²) in [4.78, 5) is -0.673. The number of fused-ring (bicyclic) bond motifs is 2. The molecule has 5 aromatic carbocycles. The van der Waals surface area contributed by atoms with Crippen molar-refractivity contribution in [2.45, 2.75) is 9.79 Å². The third-order valence-corrected chi connectivity index (χ3v) is 8.11. The minimum absolute atomic E-state index is 0.0209. The second-order valence-corrected chi connectivity index (χ2v) is 11.3. The molecule has 0 heterocycles. The lowest BCUT2D eigenvalue weighted by molar-refractivity contribution is 0.401. The molecule has 10 nitrogen and oxygen atoms in total. The van der Waals surface area contributed by atoms with E-state index >= 15 is 0 Å². The molecule has 0 aliphatic carbocycles. The largest absolute Gasteiger partial charge is 0.504 e. The smallest absolute Gasteiger partial charge is 0.339 e. The Morgan fingerprint density at radius 2 is 0.816 bits per heavy atom. The maximum absolute atomic E-state index is 12.6. The minimum Gasteiger partial charge on any atom is -0.504 e. The number of hydrogen-bond acceptors (Lipinski definition) is 10. The fraction of sp³-hybridized carbons (Fsp3) is 0. The van der Waals surface area contributed by atoms with E-state index in [0.717, 1.165) is 36.4 Å². The second-order valence-electron chi connectivity index (χ2n) is 8.25. The summed E-state index contributed by atoms with van der Waals surface area (Å²) in [6, 6.07) is 18.7. The molecule has 0 radical (unpaired) electrons. The number of benzene rings is 5. The van der Waals surface area contributed by atoms with Crippen LogP contribution >= 0.6 is 0 Å². The summed E-state index contributed by atoms with van der Waals surface area (Å²) in [5, 5.41) is 40.7. The van der Waals surface area contributed by atoms with Crippen molar-refractivity contribution in [3.05, 3.63) is 84.9 Å². The Bertz CT molecular complexity index is 1810. The van der Waals surface area contributed by atoms with Crippen LogP contribution in [-0.4, -0.2) is 37.3 Å². The van der Waals surface area contributed by atoms with Crippen LogP contribution in [0.25, 0.3) is 21.5 Å². The summed E-state index contributed by atoms with van der Waals surface area (Å²) in [5.74, 6) is -2.09. The van der Waals surface area contributed by atoms with E-state index in [1.807, 2.05) is 0 Å². The molecule has 5 rings (SSSR count). The highest BCUT2D eigenvalue weighted by atomic mass is 32.2. The SMILES string of the molecule is O=S(=O)(Oc1ccc2cc3cc(OS(=O)(=O)c4ccc(O)c(O)c4)ccc3cc2c1)c1ccc(O)c(O)c1. The van der Waals surface area contributed by atoms with Gasteiger partial charge in [-0.1, -0.05) is 12.1 Å². The van der Waals surface area contributed by atoms with Crippen molar-refractivity contribution in [1.82, 2.24) is 0 Å². The molecule has 0 amide bonds. The number of phenols is 4. The lowest BCUT2D eigenvalue weighted by Gasteiger charge is -2.11. The maximum atomic E-state index is 12.6. The third kappa shape index (κ3) is 4.82. The quantitative estimate of drug-likeness (QED) is 0.135. The Balaban J connectivity index is 1.43.